The molecular weight excluding hydrogens is 596 g/mol. The van der Waals surface area contributed by atoms with Crippen molar-refractivity contribution in [3.63, 3.8) is 0 Å². The fourth-order valence-electron chi connectivity index (χ4n) is 6.24. The number of benzene rings is 2. The lowest BCUT2D eigenvalue weighted by molar-refractivity contribution is -0.141. The summed E-state index contributed by atoms with van der Waals surface area (Å²) in [6.45, 7) is 5.54. The molecule has 3 aliphatic rings. The largest absolute Gasteiger partial charge is 0.444 e. The Morgan fingerprint density at radius 2 is 1.76 bits per heavy atom. The average molecular weight is 639 g/mol. The summed E-state index contributed by atoms with van der Waals surface area (Å²) >= 11 is 0. The highest BCUT2D eigenvalue weighted by Crippen LogP contribution is 2.46. The molecule has 11 nitrogen and oxygen atoms in total. The summed E-state index contributed by atoms with van der Waals surface area (Å²) in [5.74, 6) is -2.12. The van der Waals surface area contributed by atoms with Gasteiger partial charge < -0.3 is 20.3 Å². The van der Waals surface area contributed by atoms with Gasteiger partial charge in [-0.3, -0.25) is 14.4 Å². The molecule has 4 amide bonds. The minimum Gasteiger partial charge on any atom is -0.444 e. The zero-order valence-corrected chi connectivity index (χ0v) is 26.8. The molecule has 4 atom stereocenters. The first kappa shape index (κ1) is 32.5. The Morgan fingerprint density at radius 3 is 2.53 bits per heavy atom. The number of rotatable bonds is 4. The van der Waals surface area contributed by atoms with Gasteiger partial charge in [-0.2, -0.15) is 0 Å². The van der Waals surface area contributed by atoms with E-state index in [4.69, 9.17) is 4.74 Å². The summed E-state index contributed by atoms with van der Waals surface area (Å²) < 4.78 is 34.7. The first-order valence-corrected chi connectivity index (χ1v) is 17.1. The van der Waals surface area contributed by atoms with Gasteiger partial charge in [-0.1, -0.05) is 61.4 Å². The molecule has 0 spiro atoms. The highest BCUT2D eigenvalue weighted by molar-refractivity contribution is 7.90. The SMILES string of the molecule is CC(C)(C)OC(=O)N[C@H]1CCCCC/C=C\[C@@H]2C[C@@]2(C(=O)NS(=O)(=O)c2cccc3ccccc23)NC(=O)[C@@H]2CCCN2C1=O. The van der Waals surface area contributed by atoms with Crippen LogP contribution in [0.15, 0.2) is 59.5 Å². The lowest BCUT2D eigenvalue weighted by Crippen LogP contribution is -2.58. The van der Waals surface area contributed by atoms with Crippen molar-refractivity contribution in [1.29, 1.82) is 0 Å². The molecule has 2 heterocycles. The lowest BCUT2D eigenvalue weighted by Gasteiger charge is -2.30. The number of amides is 4. The summed E-state index contributed by atoms with van der Waals surface area (Å²) in [7, 11) is -4.28. The van der Waals surface area contributed by atoms with Crippen LogP contribution in [-0.2, 0) is 29.1 Å². The van der Waals surface area contributed by atoms with Crippen LogP contribution in [0.4, 0.5) is 4.79 Å². The van der Waals surface area contributed by atoms with Crippen LogP contribution in [0.25, 0.3) is 10.8 Å². The predicted octanol–water partition coefficient (Wildman–Crippen LogP) is 3.92. The zero-order chi connectivity index (χ0) is 32.4. The standard InChI is InChI=1S/C33H42N4O7S/c1-32(2,3)44-31(41)34-25-17-8-6-4-5-7-15-23-21-33(23,35-28(38)26-18-12-20-37(26)29(25)39)30(40)36-45(42,43)27-19-11-14-22-13-9-10-16-24(22)27/h7,9-11,13-16,19,23,25-26H,4-6,8,12,17-18,20-21H2,1-3H3,(H,34,41)(H,35,38)(H,36,40)/b15-7-/t23-,25+,26+,33-/m1/s1. The Morgan fingerprint density at radius 1 is 1.00 bits per heavy atom. The molecule has 2 aromatic rings. The molecule has 3 N–H and O–H groups in total. The van der Waals surface area contributed by atoms with Gasteiger partial charge in [-0.25, -0.2) is 17.9 Å². The van der Waals surface area contributed by atoms with Gasteiger partial charge in [0.05, 0.1) is 4.90 Å². The number of sulfonamides is 1. The number of nitrogens with one attached hydrogen (secondary N) is 3. The third-order valence-corrected chi connectivity index (χ3v) is 9.98. The Hall–Kier alpha value is -3.93. The van der Waals surface area contributed by atoms with Gasteiger partial charge in [0.25, 0.3) is 15.9 Å². The minimum atomic E-state index is -4.28. The predicted molar refractivity (Wildman–Crippen MR) is 168 cm³/mol. The second-order valence-electron chi connectivity index (χ2n) is 13.1. The molecule has 2 aromatic carbocycles. The molecule has 1 aliphatic carbocycles. The van der Waals surface area contributed by atoms with E-state index in [1.165, 1.54) is 11.0 Å². The van der Waals surface area contributed by atoms with Gasteiger partial charge in [0.1, 0.15) is 23.2 Å². The Labute approximate surface area is 264 Å². The number of carbonyl (C=O) groups is 4. The first-order chi connectivity index (χ1) is 21.3. The average Bonchev–Trinajstić information content (AvgIpc) is 3.43. The molecule has 0 radical (unpaired) electrons. The highest BCUT2D eigenvalue weighted by atomic mass is 32.2. The van der Waals surface area contributed by atoms with Crippen molar-refractivity contribution in [2.24, 2.45) is 5.92 Å². The van der Waals surface area contributed by atoms with E-state index in [0.717, 1.165) is 12.8 Å². The van der Waals surface area contributed by atoms with Crippen LogP contribution in [0.3, 0.4) is 0 Å². The number of alkyl carbamates (subject to hydrolysis) is 1. The summed E-state index contributed by atoms with van der Waals surface area (Å²) in [4.78, 5) is 55.4. The van der Waals surface area contributed by atoms with Crippen LogP contribution in [0.1, 0.15) is 72.1 Å². The van der Waals surface area contributed by atoms with Crippen LogP contribution in [0, 0.1) is 5.92 Å². The maximum absolute atomic E-state index is 13.8. The van der Waals surface area contributed by atoms with Crippen molar-refractivity contribution < 1.29 is 32.3 Å². The Bertz CT molecular complexity index is 1610. The summed E-state index contributed by atoms with van der Waals surface area (Å²) in [6, 6.07) is 10.1. The van der Waals surface area contributed by atoms with E-state index in [-0.39, 0.29) is 17.2 Å². The van der Waals surface area contributed by atoms with Crippen molar-refractivity contribution in [2.75, 3.05) is 6.54 Å². The fourth-order valence-corrected chi connectivity index (χ4v) is 7.51. The van der Waals surface area contributed by atoms with Crippen molar-refractivity contribution in [1.82, 2.24) is 20.3 Å². The van der Waals surface area contributed by atoms with Crippen molar-refractivity contribution in [3.8, 4) is 0 Å². The molecule has 0 bridgehead atoms. The van der Waals surface area contributed by atoms with E-state index in [1.54, 1.807) is 57.2 Å². The van der Waals surface area contributed by atoms with E-state index < -0.39 is 57.1 Å². The van der Waals surface area contributed by atoms with Crippen molar-refractivity contribution >= 4 is 44.6 Å². The molecule has 242 valence electrons. The quantitative estimate of drug-likeness (QED) is 0.430. The molecule has 2 aliphatic heterocycles. The van der Waals surface area contributed by atoms with Gasteiger partial charge in [0.2, 0.25) is 11.8 Å². The van der Waals surface area contributed by atoms with Crippen LogP contribution in [-0.4, -0.2) is 66.9 Å². The molecule has 12 heteroatoms. The van der Waals surface area contributed by atoms with Crippen molar-refractivity contribution in [2.45, 2.75) is 100 Å². The first-order valence-electron chi connectivity index (χ1n) is 15.6. The number of allylic oxidation sites excluding steroid dienone is 1. The Kier molecular flexibility index (Phi) is 9.25. The summed E-state index contributed by atoms with van der Waals surface area (Å²) in [5.41, 5.74) is -2.22. The third kappa shape index (κ3) is 7.32. The zero-order valence-electron chi connectivity index (χ0n) is 26.0. The second-order valence-corrected chi connectivity index (χ2v) is 14.8. The van der Waals surface area contributed by atoms with Gasteiger partial charge >= 0.3 is 6.09 Å². The Balaban J connectivity index is 1.39. The summed E-state index contributed by atoms with van der Waals surface area (Å²) in [5, 5.41) is 6.76. The second kappa shape index (κ2) is 12.8. The number of fused-ring (bicyclic) bond motifs is 3. The molecule has 1 saturated heterocycles. The fraction of sp³-hybridized carbons (Fsp3) is 0.515. The van der Waals surface area contributed by atoms with Gasteiger partial charge in [0, 0.05) is 17.8 Å². The molecule has 0 aromatic heterocycles. The van der Waals surface area contributed by atoms with Gasteiger partial charge in [-0.15, -0.1) is 0 Å². The highest BCUT2D eigenvalue weighted by Gasteiger charge is 2.61. The maximum atomic E-state index is 13.8. The molecular formula is C33H42N4O7S. The minimum absolute atomic E-state index is 0.0299. The van der Waals surface area contributed by atoms with Crippen molar-refractivity contribution in [3.05, 3.63) is 54.6 Å². The number of hydrogen-bond donors (Lipinski definition) is 3. The maximum Gasteiger partial charge on any atom is 0.408 e. The molecule has 1 saturated carbocycles. The molecule has 0 unspecified atom stereocenters. The van der Waals surface area contributed by atoms with E-state index in [2.05, 4.69) is 15.4 Å². The smallest absolute Gasteiger partial charge is 0.408 e. The van der Waals surface area contributed by atoms with E-state index >= 15 is 0 Å². The number of ether oxygens (including phenoxy) is 1. The van der Waals surface area contributed by atoms with E-state index in [1.807, 2.05) is 12.2 Å². The number of carbonyl (C=O) groups excluding carboxylic acids is 4. The summed E-state index contributed by atoms with van der Waals surface area (Å²) in [6.07, 6.45) is 7.73. The van der Waals surface area contributed by atoms with Crippen LogP contribution >= 0.6 is 0 Å². The normalized spacial score (nSPS) is 26.8. The lowest BCUT2D eigenvalue weighted by atomic mass is 10.0. The van der Waals surface area contributed by atoms with Gasteiger partial charge in [-0.05, 0) is 70.7 Å². The van der Waals surface area contributed by atoms with Crippen LogP contribution < -0.4 is 15.4 Å². The molecule has 5 rings (SSSR count). The number of nitrogens with zero attached hydrogens (tertiary/aromatic N) is 1. The topological polar surface area (TPSA) is 151 Å². The van der Waals surface area contributed by atoms with Gasteiger partial charge in [0.15, 0.2) is 0 Å². The molecule has 2 fully saturated rings. The third-order valence-electron chi connectivity index (χ3n) is 8.59. The van der Waals surface area contributed by atoms with Crippen LogP contribution in [0.5, 0.6) is 0 Å². The van der Waals surface area contributed by atoms with Crippen LogP contribution in [0.2, 0.25) is 0 Å². The van der Waals surface area contributed by atoms with E-state index in [9.17, 15) is 27.6 Å². The molecule has 45 heavy (non-hydrogen) atoms. The number of hydrogen-bond acceptors (Lipinski definition) is 7. The monoisotopic (exact) mass is 638 g/mol. The van der Waals surface area contributed by atoms with E-state index in [0.29, 0.717) is 49.4 Å².